The fraction of sp³-hybridized carbons (Fsp3) is 0.200. The third-order valence-electron chi connectivity index (χ3n) is 3.12. The summed E-state index contributed by atoms with van der Waals surface area (Å²) < 4.78 is 0. The smallest absolute Gasteiger partial charge is 0.0640 e. The molecule has 0 aliphatic carbocycles. The van der Waals surface area contributed by atoms with Crippen molar-refractivity contribution < 1.29 is 0 Å². The largest absolute Gasteiger partial charge is 0.271 e. The van der Waals surface area contributed by atoms with Gasteiger partial charge < -0.3 is 0 Å². The number of hydrogen-bond donors (Lipinski definition) is 2. The lowest BCUT2D eigenvalue weighted by Crippen LogP contribution is -2.28. The fourth-order valence-electron chi connectivity index (χ4n) is 2.07. The molecular weight excluding hydrogens is 279 g/mol. The fourth-order valence-corrected chi connectivity index (χ4v) is 2.51. The van der Waals surface area contributed by atoms with Gasteiger partial charge in [-0.05, 0) is 30.0 Å². The van der Waals surface area contributed by atoms with Gasteiger partial charge in [0.2, 0.25) is 0 Å². The predicted molar refractivity (Wildman–Crippen MR) is 81.3 cm³/mol. The van der Waals surface area contributed by atoms with Crippen molar-refractivity contribution in [1.29, 1.82) is 0 Å². The van der Waals surface area contributed by atoms with Crippen LogP contribution in [0.25, 0.3) is 0 Å². The van der Waals surface area contributed by atoms with Crippen LogP contribution in [0.2, 0.25) is 10.0 Å². The predicted octanol–water partition coefficient (Wildman–Crippen LogP) is 4.13. The third-order valence-corrected chi connectivity index (χ3v) is 3.96. The molecule has 0 saturated carbocycles. The quantitative estimate of drug-likeness (QED) is 0.643. The van der Waals surface area contributed by atoms with Crippen LogP contribution >= 0.6 is 23.2 Å². The number of hydrazine groups is 1. The zero-order chi connectivity index (χ0) is 13.7. The summed E-state index contributed by atoms with van der Waals surface area (Å²) in [6.45, 7) is 0. The Morgan fingerprint density at radius 3 is 2.42 bits per heavy atom. The minimum absolute atomic E-state index is 0.00796. The van der Waals surface area contributed by atoms with Crippen molar-refractivity contribution in [3.8, 4) is 0 Å². The topological polar surface area (TPSA) is 38.0 Å². The van der Waals surface area contributed by atoms with Crippen molar-refractivity contribution in [2.24, 2.45) is 5.84 Å². The molecular formula is C15H16Cl2N2. The molecule has 2 aromatic rings. The number of nitrogens with two attached hydrogens (primary N) is 1. The van der Waals surface area contributed by atoms with Crippen molar-refractivity contribution in [1.82, 2.24) is 5.43 Å². The molecule has 0 fully saturated rings. The van der Waals surface area contributed by atoms with Gasteiger partial charge in [-0.2, -0.15) is 0 Å². The molecule has 0 aliphatic heterocycles. The number of nitrogens with one attached hydrogen (secondary N) is 1. The highest BCUT2D eigenvalue weighted by atomic mass is 35.5. The van der Waals surface area contributed by atoms with E-state index in [2.05, 4.69) is 17.6 Å². The lowest BCUT2D eigenvalue weighted by molar-refractivity contribution is 0.516. The van der Waals surface area contributed by atoms with Crippen LogP contribution in [0.4, 0.5) is 0 Å². The van der Waals surface area contributed by atoms with E-state index in [-0.39, 0.29) is 6.04 Å². The maximum absolute atomic E-state index is 6.22. The standard InChI is InChI=1S/C15H16Cl2N2/c16-13-8-4-7-12(15(13)17)14(19-18)10-9-11-5-2-1-3-6-11/h1-8,14,19H,9-10,18H2. The molecule has 0 bridgehead atoms. The van der Waals surface area contributed by atoms with Crippen molar-refractivity contribution >= 4 is 23.2 Å². The van der Waals surface area contributed by atoms with Gasteiger partial charge in [0.05, 0.1) is 10.0 Å². The molecule has 2 nitrogen and oxygen atoms in total. The first-order valence-corrected chi connectivity index (χ1v) is 6.92. The summed E-state index contributed by atoms with van der Waals surface area (Å²) in [5, 5.41) is 1.12. The normalized spacial score (nSPS) is 12.4. The molecule has 0 aliphatic rings. The number of benzene rings is 2. The zero-order valence-corrected chi connectivity index (χ0v) is 12.0. The lowest BCUT2D eigenvalue weighted by atomic mass is 9.99. The zero-order valence-electron chi connectivity index (χ0n) is 10.4. The molecule has 100 valence electrons. The molecule has 0 heterocycles. The Morgan fingerprint density at radius 2 is 1.74 bits per heavy atom. The summed E-state index contributed by atoms with van der Waals surface area (Å²) in [6.07, 6.45) is 1.79. The van der Waals surface area contributed by atoms with Gasteiger partial charge >= 0.3 is 0 Å². The van der Waals surface area contributed by atoms with Gasteiger partial charge in [-0.3, -0.25) is 11.3 Å². The summed E-state index contributed by atoms with van der Waals surface area (Å²) in [5.74, 6) is 5.64. The summed E-state index contributed by atoms with van der Waals surface area (Å²) in [7, 11) is 0. The van der Waals surface area contributed by atoms with Gasteiger partial charge in [0, 0.05) is 6.04 Å². The summed E-state index contributed by atoms with van der Waals surface area (Å²) in [5.41, 5.74) is 5.03. The SMILES string of the molecule is NNC(CCc1ccccc1)c1cccc(Cl)c1Cl. The second kappa shape index (κ2) is 6.92. The molecule has 1 atom stereocenters. The minimum Gasteiger partial charge on any atom is -0.271 e. The summed E-state index contributed by atoms with van der Waals surface area (Å²) >= 11 is 12.3. The molecule has 0 spiro atoms. The molecule has 4 heteroatoms. The number of halogens is 2. The first-order valence-electron chi connectivity index (χ1n) is 6.16. The van der Waals surface area contributed by atoms with Crippen LogP contribution in [0.5, 0.6) is 0 Å². The van der Waals surface area contributed by atoms with E-state index in [0.29, 0.717) is 10.0 Å². The van der Waals surface area contributed by atoms with Gasteiger partial charge in [0.25, 0.3) is 0 Å². The molecule has 2 aromatic carbocycles. The first kappa shape index (κ1) is 14.4. The Bertz CT molecular complexity index is 529. The third kappa shape index (κ3) is 3.71. The van der Waals surface area contributed by atoms with E-state index in [9.17, 15) is 0 Å². The van der Waals surface area contributed by atoms with Crippen molar-refractivity contribution in [2.75, 3.05) is 0 Å². The van der Waals surface area contributed by atoms with Crippen LogP contribution in [0.1, 0.15) is 23.6 Å². The molecule has 0 saturated heterocycles. The Morgan fingerprint density at radius 1 is 1.00 bits per heavy atom. The van der Waals surface area contributed by atoms with Gasteiger partial charge in [0.1, 0.15) is 0 Å². The van der Waals surface area contributed by atoms with E-state index in [0.717, 1.165) is 18.4 Å². The highest BCUT2D eigenvalue weighted by Gasteiger charge is 2.14. The van der Waals surface area contributed by atoms with E-state index in [1.807, 2.05) is 30.3 Å². The molecule has 0 amide bonds. The van der Waals surface area contributed by atoms with E-state index in [1.54, 1.807) is 6.07 Å². The number of hydrogen-bond acceptors (Lipinski definition) is 2. The van der Waals surface area contributed by atoms with Crippen LogP contribution in [0.15, 0.2) is 48.5 Å². The summed E-state index contributed by atoms with van der Waals surface area (Å²) in [4.78, 5) is 0. The van der Waals surface area contributed by atoms with Crippen LogP contribution in [-0.2, 0) is 6.42 Å². The van der Waals surface area contributed by atoms with Crippen molar-refractivity contribution in [3.05, 3.63) is 69.7 Å². The highest BCUT2D eigenvalue weighted by Crippen LogP contribution is 2.31. The molecule has 2 rings (SSSR count). The van der Waals surface area contributed by atoms with Crippen molar-refractivity contribution in [2.45, 2.75) is 18.9 Å². The van der Waals surface area contributed by atoms with Gasteiger partial charge in [0.15, 0.2) is 0 Å². The maximum Gasteiger partial charge on any atom is 0.0640 e. The Kier molecular flexibility index (Phi) is 5.23. The minimum atomic E-state index is -0.00796. The number of rotatable bonds is 5. The van der Waals surface area contributed by atoms with Crippen LogP contribution in [0.3, 0.4) is 0 Å². The Hall–Kier alpha value is -1.06. The molecule has 1 unspecified atom stereocenters. The van der Waals surface area contributed by atoms with Crippen LogP contribution in [0, 0.1) is 0 Å². The van der Waals surface area contributed by atoms with Crippen LogP contribution < -0.4 is 11.3 Å². The van der Waals surface area contributed by atoms with Crippen molar-refractivity contribution in [3.63, 3.8) is 0 Å². The summed E-state index contributed by atoms with van der Waals surface area (Å²) in [6, 6.07) is 15.9. The maximum atomic E-state index is 6.22. The average molecular weight is 295 g/mol. The monoisotopic (exact) mass is 294 g/mol. The van der Waals surface area contributed by atoms with Crippen LogP contribution in [-0.4, -0.2) is 0 Å². The first-order chi connectivity index (χ1) is 9.22. The Balaban J connectivity index is 2.10. The second-order valence-corrected chi connectivity index (χ2v) is 5.17. The van der Waals surface area contributed by atoms with E-state index >= 15 is 0 Å². The molecule has 3 N–H and O–H groups in total. The van der Waals surface area contributed by atoms with E-state index < -0.39 is 0 Å². The highest BCUT2D eigenvalue weighted by molar-refractivity contribution is 6.42. The van der Waals surface area contributed by atoms with E-state index in [1.165, 1.54) is 5.56 Å². The average Bonchev–Trinajstić information content (AvgIpc) is 2.45. The van der Waals surface area contributed by atoms with Gasteiger partial charge in [-0.1, -0.05) is 65.7 Å². The van der Waals surface area contributed by atoms with E-state index in [4.69, 9.17) is 29.0 Å². The Labute approximate surface area is 123 Å². The van der Waals surface area contributed by atoms with Gasteiger partial charge in [-0.25, -0.2) is 0 Å². The molecule has 0 aromatic heterocycles. The lowest BCUT2D eigenvalue weighted by Gasteiger charge is -2.18. The number of aryl methyl sites for hydroxylation is 1. The molecule has 19 heavy (non-hydrogen) atoms. The van der Waals surface area contributed by atoms with Gasteiger partial charge in [-0.15, -0.1) is 0 Å². The second-order valence-electron chi connectivity index (χ2n) is 4.39. The molecule has 0 radical (unpaired) electrons.